The van der Waals surface area contributed by atoms with Gasteiger partial charge in [-0.15, -0.1) is 12.4 Å². The third kappa shape index (κ3) is 5.04. The third-order valence-corrected chi connectivity index (χ3v) is 4.60. The van der Waals surface area contributed by atoms with E-state index in [4.69, 9.17) is 16.3 Å². The van der Waals surface area contributed by atoms with Gasteiger partial charge >= 0.3 is 6.61 Å². The molecule has 2 aromatic rings. The van der Waals surface area contributed by atoms with Crippen LogP contribution in [0.15, 0.2) is 42.5 Å². The Bertz CT molecular complexity index is 824. The number of carbonyl (C=O) groups is 1. The first-order chi connectivity index (χ1) is 13.0. The number of benzene rings is 2. The van der Waals surface area contributed by atoms with Gasteiger partial charge in [-0.25, -0.2) is 0 Å². The number of nitrogens with one attached hydrogen (secondary N) is 1. The zero-order valence-corrected chi connectivity index (χ0v) is 16.6. The molecule has 1 N–H and O–H groups in total. The van der Waals surface area contributed by atoms with Gasteiger partial charge in [-0.3, -0.25) is 4.79 Å². The molecule has 0 saturated carbocycles. The molecule has 3 rings (SSSR count). The van der Waals surface area contributed by atoms with Gasteiger partial charge in [-0.05, 0) is 35.9 Å². The minimum absolute atomic E-state index is 0. The van der Waals surface area contributed by atoms with E-state index in [2.05, 4.69) is 10.1 Å². The molecule has 0 bridgehead atoms. The van der Waals surface area contributed by atoms with E-state index in [0.717, 1.165) is 5.56 Å². The lowest BCUT2D eigenvalue weighted by atomic mass is 10.0. The highest BCUT2D eigenvalue weighted by Crippen LogP contribution is 2.32. The summed E-state index contributed by atoms with van der Waals surface area (Å²) in [6, 6.07) is 11.4. The lowest BCUT2D eigenvalue weighted by Crippen LogP contribution is -2.48. The molecule has 1 aliphatic rings. The number of amides is 1. The molecular weight excluding hydrogens is 413 g/mol. The molecule has 1 saturated heterocycles. The number of ether oxygens (including phenoxy) is 2. The van der Waals surface area contributed by atoms with Crippen LogP contribution in [0.4, 0.5) is 8.78 Å². The number of nitrogens with zero attached hydrogens (tertiary/aromatic N) is 1. The topological polar surface area (TPSA) is 50.8 Å². The Kier molecular flexibility index (Phi) is 7.86. The van der Waals surface area contributed by atoms with E-state index in [-0.39, 0.29) is 41.4 Å². The van der Waals surface area contributed by atoms with Crippen molar-refractivity contribution in [3.05, 3.63) is 58.6 Å². The average Bonchev–Trinajstić information content (AvgIpc) is 2.67. The van der Waals surface area contributed by atoms with Crippen molar-refractivity contribution in [1.29, 1.82) is 0 Å². The number of hydrogen-bond donors (Lipinski definition) is 1. The summed E-state index contributed by atoms with van der Waals surface area (Å²) in [5, 5.41) is 3.85. The molecule has 152 valence electrons. The minimum atomic E-state index is -3.01. The number of piperazine rings is 1. The molecule has 9 heteroatoms. The molecule has 0 spiro atoms. The molecule has 1 atom stereocenters. The van der Waals surface area contributed by atoms with Crippen LogP contribution in [0.3, 0.4) is 0 Å². The summed E-state index contributed by atoms with van der Waals surface area (Å²) in [7, 11) is 1.35. The van der Waals surface area contributed by atoms with E-state index < -0.39 is 6.61 Å². The Balaban J connectivity index is 0.00000280. The van der Waals surface area contributed by atoms with Crippen LogP contribution in [-0.4, -0.2) is 44.2 Å². The Labute approximate surface area is 173 Å². The predicted molar refractivity (Wildman–Crippen MR) is 105 cm³/mol. The average molecular weight is 433 g/mol. The van der Waals surface area contributed by atoms with Crippen molar-refractivity contribution in [2.75, 3.05) is 26.7 Å². The largest absolute Gasteiger partial charge is 0.493 e. The van der Waals surface area contributed by atoms with Gasteiger partial charge in [0.2, 0.25) is 0 Å². The molecule has 0 radical (unpaired) electrons. The van der Waals surface area contributed by atoms with Gasteiger partial charge in [0, 0.05) is 30.2 Å². The highest BCUT2D eigenvalue weighted by Gasteiger charge is 2.29. The molecule has 1 heterocycles. The number of hydrogen-bond acceptors (Lipinski definition) is 4. The van der Waals surface area contributed by atoms with E-state index in [0.29, 0.717) is 24.7 Å². The van der Waals surface area contributed by atoms with Gasteiger partial charge in [0.15, 0.2) is 11.5 Å². The first-order valence-electron chi connectivity index (χ1n) is 8.39. The highest BCUT2D eigenvalue weighted by molar-refractivity contribution is 6.30. The lowest BCUT2D eigenvalue weighted by Gasteiger charge is -2.36. The van der Waals surface area contributed by atoms with Crippen molar-refractivity contribution >= 4 is 29.9 Å². The van der Waals surface area contributed by atoms with Crippen LogP contribution in [0.25, 0.3) is 0 Å². The highest BCUT2D eigenvalue weighted by atomic mass is 35.5. The number of alkyl halides is 2. The summed E-state index contributed by atoms with van der Waals surface area (Å²) in [6.07, 6.45) is 0. The lowest BCUT2D eigenvalue weighted by molar-refractivity contribution is -0.0512. The van der Waals surface area contributed by atoms with Crippen LogP contribution >= 0.6 is 24.0 Å². The second-order valence-electron chi connectivity index (χ2n) is 6.02. The standard InChI is InChI=1S/C19H19ClF2N2O3.ClH/c1-26-16-6-5-13(10-17(16)27-19(21)22)18(25)24-8-7-23-11-15(24)12-3-2-4-14(20)9-12;/h2-6,9-10,15,19,23H,7-8,11H2,1H3;1H. The van der Waals surface area contributed by atoms with Crippen molar-refractivity contribution in [1.82, 2.24) is 10.2 Å². The third-order valence-electron chi connectivity index (χ3n) is 4.36. The van der Waals surface area contributed by atoms with Gasteiger partial charge < -0.3 is 19.7 Å². The van der Waals surface area contributed by atoms with Crippen LogP contribution in [0, 0.1) is 0 Å². The van der Waals surface area contributed by atoms with E-state index in [1.807, 2.05) is 18.2 Å². The summed E-state index contributed by atoms with van der Waals surface area (Å²) in [5.74, 6) is -0.311. The quantitative estimate of drug-likeness (QED) is 0.770. The summed E-state index contributed by atoms with van der Waals surface area (Å²) in [6.45, 7) is -1.32. The molecule has 1 fully saturated rings. The zero-order valence-electron chi connectivity index (χ0n) is 15.0. The van der Waals surface area contributed by atoms with Crippen LogP contribution in [0.5, 0.6) is 11.5 Å². The number of halogens is 4. The van der Waals surface area contributed by atoms with Gasteiger partial charge in [0.1, 0.15) is 0 Å². The zero-order chi connectivity index (χ0) is 19.4. The summed E-state index contributed by atoms with van der Waals surface area (Å²) >= 11 is 6.09. The second-order valence-corrected chi connectivity index (χ2v) is 6.45. The molecule has 2 aromatic carbocycles. The van der Waals surface area contributed by atoms with Crippen LogP contribution < -0.4 is 14.8 Å². The van der Waals surface area contributed by atoms with Gasteiger partial charge in [0.25, 0.3) is 5.91 Å². The maximum atomic E-state index is 13.1. The molecule has 0 aromatic heterocycles. The van der Waals surface area contributed by atoms with Gasteiger partial charge in [-0.1, -0.05) is 23.7 Å². The Hall–Kier alpha value is -2.09. The first kappa shape index (κ1) is 22.2. The number of rotatable bonds is 5. The monoisotopic (exact) mass is 432 g/mol. The fourth-order valence-electron chi connectivity index (χ4n) is 3.12. The summed E-state index contributed by atoms with van der Waals surface area (Å²) in [5.41, 5.74) is 1.15. The van der Waals surface area contributed by atoms with Gasteiger partial charge in [-0.2, -0.15) is 8.78 Å². The number of methoxy groups -OCH3 is 1. The van der Waals surface area contributed by atoms with Crippen LogP contribution in [-0.2, 0) is 0 Å². The fourth-order valence-corrected chi connectivity index (χ4v) is 3.32. The smallest absolute Gasteiger partial charge is 0.387 e. The maximum Gasteiger partial charge on any atom is 0.387 e. The Morgan fingerprint density at radius 3 is 2.71 bits per heavy atom. The SMILES string of the molecule is COc1ccc(C(=O)N2CCNCC2c2cccc(Cl)c2)cc1OC(F)F.Cl. The van der Waals surface area contributed by atoms with Crippen molar-refractivity contribution in [3.63, 3.8) is 0 Å². The van der Waals surface area contributed by atoms with E-state index in [1.165, 1.54) is 25.3 Å². The summed E-state index contributed by atoms with van der Waals surface area (Å²) in [4.78, 5) is 14.8. The molecular formula is C19H20Cl2F2N2O3. The molecule has 28 heavy (non-hydrogen) atoms. The minimum Gasteiger partial charge on any atom is -0.493 e. The molecule has 1 amide bonds. The van der Waals surface area contributed by atoms with Crippen LogP contribution in [0.2, 0.25) is 5.02 Å². The van der Waals surface area contributed by atoms with Crippen molar-refractivity contribution in [2.45, 2.75) is 12.7 Å². The summed E-state index contributed by atoms with van der Waals surface area (Å²) < 4.78 is 34.8. The second kappa shape index (κ2) is 9.91. The predicted octanol–water partition coefficient (Wildman–Crippen LogP) is 4.16. The first-order valence-corrected chi connectivity index (χ1v) is 8.77. The molecule has 1 unspecified atom stereocenters. The normalized spacial score (nSPS) is 16.5. The van der Waals surface area contributed by atoms with Crippen LogP contribution in [0.1, 0.15) is 22.0 Å². The van der Waals surface area contributed by atoms with E-state index in [1.54, 1.807) is 11.0 Å². The van der Waals surface area contributed by atoms with Crippen molar-refractivity contribution in [3.8, 4) is 11.5 Å². The van der Waals surface area contributed by atoms with Crippen molar-refractivity contribution in [2.24, 2.45) is 0 Å². The van der Waals surface area contributed by atoms with Gasteiger partial charge in [0.05, 0.1) is 13.2 Å². The Morgan fingerprint density at radius 2 is 2.04 bits per heavy atom. The molecule has 1 aliphatic heterocycles. The molecule has 0 aliphatic carbocycles. The molecule has 5 nitrogen and oxygen atoms in total. The number of carbonyl (C=O) groups excluding carboxylic acids is 1. The fraction of sp³-hybridized carbons (Fsp3) is 0.316. The van der Waals surface area contributed by atoms with Crippen molar-refractivity contribution < 1.29 is 23.0 Å². The van der Waals surface area contributed by atoms with E-state index in [9.17, 15) is 13.6 Å². The Morgan fingerprint density at radius 1 is 1.25 bits per heavy atom. The maximum absolute atomic E-state index is 13.1. The van der Waals surface area contributed by atoms with E-state index >= 15 is 0 Å².